The van der Waals surface area contributed by atoms with E-state index >= 15 is 4.39 Å². The van der Waals surface area contributed by atoms with Crippen LogP contribution in [0.3, 0.4) is 0 Å². The van der Waals surface area contributed by atoms with Crippen molar-refractivity contribution in [3.8, 4) is 28.3 Å². The lowest BCUT2D eigenvalue weighted by atomic mass is 9.84. The number of carboxylic acid groups (broad SMARTS) is 1. The van der Waals surface area contributed by atoms with Crippen LogP contribution < -0.4 is 41.5 Å². The Morgan fingerprint density at radius 1 is 0.925 bits per heavy atom. The second-order valence-electron chi connectivity index (χ2n) is 28.3. The van der Waals surface area contributed by atoms with Crippen molar-refractivity contribution in [3.05, 3.63) is 106 Å². The molecule has 2 aromatic heterocycles. The number of H-pyrrole nitrogens is 1. The minimum absolute atomic E-state index is 0.0234. The Labute approximate surface area is 635 Å². The first-order chi connectivity index (χ1) is 50.6. The number of benzene rings is 3. The molecule has 6 unspecified atom stereocenters. The number of amides is 5. The van der Waals surface area contributed by atoms with E-state index in [1.807, 2.05) is 60.9 Å². The van der Waals surface area contributed by atoms with Crippen molar-refractivity contribution in [3.63, 3.8) is 0 Å². The van der Waals surface area contributed by atoms with Crippen LogP contribution >= 0.6 is 44.8 Å². The Hall–Kier alpha value is -7.33. The molecular weight excluding hydrogens is 1450 g/mol. The standard InChI is InChI=1S/C74H99Cl2FN14O13S2/c1-44-11-9-10-17-74(100)39-58(102-72(99)85-74)46(3)68-73(5,104-68)59(38-63(95)87(7)56-34-48(31-44)35-57(101-8)66(56)76)103-71(98)47(4)86(6)62(94)16-29-105-106-30-20-80-61(93)42-89-24-23-88(25-27-90(28-26-89)43-64(96)97)41-60(92)79-18-19-81-69-65(70-83-54-13-12-50(75)37-55(54)84-70)67(91-21-14-52(78)15-22-91)53(40-82-69)49-32-45(2)33-51(77)36-49/h9-13,32-37,40,46-47,52,58-59,68,71,98,100H,14-31,38-39,41-43,78H2,1-8H3,(H,79,92)(H,80,93)(H,81,82)(H,83,84)(H,85,99)(H,96,97)/b10-9+,44-11+/t46?,47?,58?,59-,68?,71?,73?,74+/m0/s1. The SMILES string of the molecule is COc1cc2cc(c1Cl)N(C)C(=O)C[C@H](OC(O)C(C)N(C)C(=O)CCSSCCNC(=O)CN1CCN(CC(=O)O)CCN(CC(=O)NCCNc3ncc(-c4cc(C)cc(F)c4)c(N4CCC(N)CC4)c3-c3nc4ccc(Cl)cc4[nH]3)CC1)C1(C)OC1C(C)C1C[C@](O)(C/C=C/C=C(\C)C2)NC(=O)O1. The van der Waals surface area contributed by atoms with Gasteiger partial charge in [-0.05, 0) is 106 Å². The normalized spacial score (nSPS) is 23.9. The molecule has 5 aliphatic heterocycles. The number of halogens is 3. The summed E-state index contributed by atoms with van der Waals surface area (Å²) in [4.78, 5) is 104. The van der Waals surface area contributed by atoms with Crippen molar-refractivity contribution in [1.82, 2.24) is 50.5 Å². The number of carboxylic acids is 1. The molecule has 4 saturated heterocycles. The Kier molecular flexibility index (Phi) is 28.1. The zero-order chi connectivity index (χ0) is 76.1. The highest BCUT2D eigenvalue weighted by atomic mass is 35.5. The zero-order valence-electron chi connectivity index (χ0n) is 61.3. The molecule has 0 saturated carbocycles. The highest BCUT2D eigenvalue weighted by Gasteiger charge is 2.64. The number of aliphatic hydroxyl groups is 2. The predicted molar refractivity (Wildman–Crippen MR) is 411 cm³/mol. The number of imidazole rings is 1. The van der Waals surface area contributed by atoms with Gasteiger partial charge in [0.15, 0.2) is 6.29 Å². The maximum absolute atomic E-state index is 15.1. The number of hydrogen-bond donors (Lipinski definition) is 9. The van der Waals surface area contributed by atoms with E-state index in [0.717, 1.165) is 46.3 Å². The van der Waals surface area contributed by atoms with Gasteiger partial charge in [0, 0.05) is 146 Å². The molecule has 576 valence electrons. The number of pyridine rings is 1. The van der Waals surface area contributed by atoms with Crippen molar-refractivity contribution < 1.29 is 67.4 Å². The third-order valence-corrected chi connectivity index (χ3v) is 23.3. The van der Waals surface area contributed by atoms with Gasteiger partial charge in [0.25, 0.3) is 0 Å². The number of allylic oxidation sites excluding steroid dienone is 3. The molecule has 106 heavy (non-hydrogen) atoms. The number of epoxide rings is 1. The third kappa shape index (κ3) is 21.3. The maximum Gasteiger partial charge on any atom is 0.409 e. The first-order valence-electron chi connectivity index (χ1n) is 35.9. The smallest absolute Gasteiger partial charge is 0.409 e. The van der Waals surface area contributed by atoms with Gasteiger partial charge in [-0.3, -0.25) is 44.0 Å². The van der Waals surface area contributed by atoms with Crippen LogP contribution in [0.4, 0.5) is 26.4 Å². The number of fused-ring (bicyclic) bond motifs is 6. The number of carbonyl (C=O) groups is 6. The number of hydrogen-bond acceptors (Lipinski definition) is 22. The molecule has 4 fully saturated rings. The lowest BCUT2D eigenvalue weighted by molar-refractivity contribution is -0.186. The van der Waals surface area contributed by atoms with Crippen LogP contribution in [0.5, 0.6) is 5.75 Å². The fourth-order valence-corrected chi connectivity index (χ4v) is 16.4. The minimum Gasteiger partial charge on any atom is -0.495 e. The minimum atomic E-state index is -1.62. The lowest BCUT2D eigenvalue weighted by Gasteiger charge is -2.39. The second kappa shape index (κ2) is 36.7. The fraction of sp³-hybridized carbons (Fsp3) is 0.541. The van der Waals surface area contributed by atoms with Crippen LogP contribution in [-0.4, -0.2) is 258 Å². The summed E-state index contributed by atoms with van der Waals surface area (Å²) in [6.07, 6.45) is 4.19. The van der Waals surface area contributed by atoms with Gasteiger partial charge in [0.05, 0.1) is 73.3 Å². The van der Waals surface area contributed by atoms with E-state index < -0.39 is 65.9 Å². The highest BCUT2D eigenvalue weighted by molar-refractivity contribution is 8.76. The average molecular weight is 1550 g/mol. The quantitative estimate of drug-likeness (QED) is 0.0119. The molecule has 10 rings (SSSR count). The number of anilines is 3. The number of nitrogens with one attached hydrogen (secondary N) is 5. The predicted octanol–water partition coefficient (Wildman–Crippen LogP) is 7.44. The number of nitrogens with zero attached hydrogens (tertiary/aromatic N) is 8. The molecular formula is C74H99Cl2FN14O13S2. The number of aryl methyl sites for hydroxylation is 1. The fourth-order valence-electron chi connectivity index (χ4n) is 14.0. The summed E-state index contributed by atoms with van der Waals surface area (Å²) in [5, 5.41) is 46.0. The van der Waals surface area contributed by atoms with Crippen LogP contribution in [0.25, 0.3) is 33.5 Å². The number of piperidine rings is 1. The van der Waals surface area contributed by atoms with Crippen LogP contribution in [0.15, 0.2) is 78.5 Å². The Balaban J connectivity index is 0.693. The van der Waals surface area contributed by atoms with E-state index in [1.54, 1.807) is 63.3 Å². The summed E-state index contributed by atoms with van der Waals surface area (Å²) in [6, 6.07) is 13.1. The van der Waals surface area contributed by atoms with Crippen molar-refractivity contribution in [2.24, 2.45) is 11.7 Å². The number of aromatic nitrogens is 3. The maximum atomic E-state index is 15.1. The van der Waals surface area contributed by atoms with E-state index in [0.29, 0.717) is 122 Å². The van der Waals surface area contributed by atoms with Gasteiger partial charge in [-0.25, -0.2) is 19.2 Å². The highest BCUT2D eigenvalue weighted by Crippen LogP contribution is 2.50. The molecule has 8 atom stereocenters. The van der Waals surface area contributed by atoms with Crippen molar-refractivity contribution in [1.29, 1.82) is 0 Å². The summed E-state index contributed by atoms with van der Waals surface area (Å²) < 4.78 is 39.2. The number of alkyl carbamates (subject to hydrolysis) is 1. The summed E-state index contributed by atoms with van der Waals surface area (Å²) in [5.41, 5.74) is 10.8. The number of methoxy groups -OCH3 is 1. The van der Waals surface area contributed by atoms with Crippen LogP contribution in [0, 0.1) is 18.7 Å². The lowest BCUT2D eigenvalue weighted by Crippen LogP contribution is -2.57. The molecule has 7 heterocycles. The molecule has 3 aromatic carbocycles. The van der Waals surface area contributed by atoms with Gasteiger partial charge in [0.1, 0.15) is 51.8 Å². The molecule has 27 nitrogen and oxygen atoms in total. The Bertz CT molecular complexity index is 4020. The number of aliphatic hydroxyl groups excluding tert-OH is 1. The zero-order valence-corrected chi connectivity index (χ0v) is 64.4. The Morgan fingerprint density at radius 2 is 1.60 bits per heavy atom. The molecule has 4 bridgehead atoms. The van der Waals surface area contributed by atoms with E-state index in [2.05, 4.69) is 31.2 Å². The van der Waals surface area contributed by atoms with Crippen LogP contribution in [0.1, 0.15) is 77.3 Å². The number of aliphatic carboxylic acids is 1. The number of aromatic amines is 1. The van der Waals surface area contributed by atoms with Gasteiger partial charge in [-0.2, -0.15) is 0 Å². The average Bonchev–Trinajstić information content (AvgIpc) is 1.57. The van der Waals surface area contributed by atoms with E-state index in [9.17, 15) is 44.1 Å². The topological polar surface area (TPSA) is 338 Å². The molecule has 5 aliphatic rings. The van der Waals surface area contributed by atoms with Gasteiger partial charge in [-0.15, -0.1) is 0 Å². The van der Waals surface area contributed by atoms with Gasteiger partial charge < -0.3 is 75.6 Å². The Morgan fingerprint density at radius 3 is 2.28 bits per heavy atom. The van der Waals surface area contributed by atoms with Crippen molar-refractivity contribution >= 4 is 109 Å². The molecule has 0 aliphatic carbocycles. The van der Waals surface area contributed by atoms with Gasteiger partial charge >= 0.3 is 12.1 Å². The van der Waals surface area contributed by atoms with E-state index in [-0.39, 0.29) is 93.0 Å². The van der Waals surface area contributed by atoms with E-state index in [1.165, 1.54) is 50.6 Å². The first kappa shape index (κ1) is 81.2. The second-order valence-corrected chi connectivity index (χ2v) is 31.8. The summed E-state index contributed by atoms with van der Waals surface area (Å²) >= 11 is 13.3. The summed E-state index contributed by atoms with van der Waals surface area (Å²) in [6.45, 7) is 13.5. The number of nitrogens with two attached hydrogens (primary N) is 1. The monoisotopic (exact) mass is 1540 g/mol. The largest absolute Gasteiger partial charge is 0.495 e. The molecule has 0 radical (unpaired) electrons. The van der Waals surface area contributed by atoms with Crippen molar-refractivity contribution in [2.75, 3.05) is 139 Å². The summed E-state index contributed by atoms with van der Waals surface area (Å²) in [5.74, 6) is -0.708. The van der Waals surface area contributed by atoms with Crippen LogP contribution in [0.2, 0.25) is 10.0 Å². The van der Waals surface area contributed by atoms with Gasteiger partial charge in [-0.1, -0.05) is 81.6 Å². The number of rotatable bonds is 25. The molecule has 0 spiro atoms. The number of likely N-dealkylation sites (N-methyl/N-ethyl adjacent to an activating group) is 1. The molecule has 32 heteroatoms. The number of carbonyl (C=O) groups excluding carboxylic acids is 5. The van der Waals surface area contributed by atoms with Crippen LogP contribution in [-0.2, 0) is 44.6 Å². The molecule has 5 amide bonds. The molecule has 5 aromatic rings. The van der Waals surface area contributed by atoms with E-state index in [4.69, 9.17) is 57.9 Å². The van der Waals surface area contributed by atoms with Gasteiger partial charge in [0.2, 0.25) is 23.6 Å². The molecule has 10 N–H and O–H groups in total. The van der Waals surface area contributed by atoms with Crippen molar-refractivity contribution in [2.45, 2.75) is 128 Å². The first-order valence-corrected chi connectivity index (χ1v) is 39.1. The number of ether oxygens (including phenoxy) is 4. The third-order valence-electron chi connectivity index (χ3n) is 20.3. The summed E-state index contributed by atoms with van der Waals surface area (Å²) in [7, 11) is 7.57.